The molecule has 1 saturated heterocycles. The largest absolute Gasteiger partial charge is 0.352 e. The van der Waals surface area contributed by atoms with Crippen LogP contribution < -0.4 is 5.32 Å². The molecule has 1 heterocycles. The molecule has 0 radical (unpaired) electrons. The molecule has 2 nitrogen and oxygen atoms in total. The van der Waals surface area contributed by atoms with Crippen molar-refractivity contribution in [1.29, 1.82) is 0 Å². The maximum atomic E-state index is 12.7. The average Bonchev–Trinajstić information content (AvgIpc) is 2.39. The third kappa shape index (κ3) is 4.33. The van der Waals surface area contributed by atoms with Crippen molar-refractivity contribution in [1.82, 2.24) is 5.32 Å². The number of rotatable bonds is 4. The van der Waals surface area contributed by atoms with E-state index in [2.05, 4.69) is 5.32 Å². The van der Waals surface area contributed by atoms with E-state index < -0.39 is 0 Å². The van der Waals surface area contributed by atoms with Crippen LogP contribution in [-0.4, -0.2) is 17.4 Å². The number of thioether (sulfide) groups is 1. The van der Waals surface area contributed by atoms with Crippen LogP contribution >= 0.6 is 11.8 Å². The van der Waals surface area contributed by atoms with Crippen LogP contribution in [0.1, 0.15) is 24.8 Å². The lowest BCUT2D eigenvalue weighted by Gasteiger charge is -2.20. The van der Waals surface area contributed by atoms with E-state index in [1.807, 2.05) is 11.8 Å². The van der Waals surface area contributed by atoms with Gasteiger partial charge in [-0.05, 0) is 48.0 Å². The molecule has 1 atom stereocenters. The van der Waals surface area contributed by atoms with Gasteiger partial charge in [-0.25, -0.2) is 4.39 Å². The lowest BCUT2D eigenvalue weighted by molar-refractivity contribution is -0.122. The van der Waals surface area contributed by atoms with E-state index in [-0.39, 0.29) is 11.7 Å². The van der Waals surface area contributed by atoms with Crippen LogP contribution in [0.4, 0.5) is 4.39 Å². The SMILES string of the molecule is O=C(CC1CCCSC1)NCc1ccc(F)cc1. The Morgan fingerprint density at radius 3 is 2.83 bits per heavy atom. The standard InChI is InChI=1S/C14H18FNOS/c15-13-5-3-11(4-6-13)9-16-14(17)8-12-2-1-7-18-10-12/h3-6,12H,1-2,7-10H2,(H,16,17). The van der Waals surface area contributed by atoms with Gasteiger partial charge in [0, 0.05) is 13.0 Å². The number of benzene rings is 1. The number of carbonyl (C=O) groups is 1. The molecule has 4 heteroatoms. The van der Waals surface area contributed by atoms with Gasteiger partial charge in [0.1, 0.15) is 5.82 Å². The monoisotopic (exact) mass is 267 g/mol. The van der Waals surface area contributed by atoms with Crippen molar-refractivity contribution in [2.75, 3.05) is 11.5 Å². The van der Waals surface area contributed by atoms with Crippen molar-refractivity contribution in [3.05, 3.63) is 35.6 Å². The predicted molar refractivity (Wildman–Crippen MR) is 72.9 cm³/mol. The fourth-order valence-corrected chi connectivity index (χ4v) is 3.26. The Balaban J connectivity index is 1.72. The van der Waals surface area contributed by atoms with Crippen molar-refractivity contribution in [3.8, 4) is 0 Å². The van der Waals surface area contributed by atoms with Gasteiger partial charge in [0.15, 0.2) is 0 Å². The molecular formula is C14H18FNOS. The number of carbonyl (C=O) groups excluding carboxylic acids is 1. The van der Waals surface area contributed by atoms with E-state index in [4.69, 9.17) is 0 Å². The smallest absolute Gasteiger partial charge is 0.220 e. The Kier molecular flexibility index (Phi) is 5.05. The van der Waals surface area contributed by atoms with Crippen LogP contribution in [0.5, 0.6) is 0 Å². The summed E-state index contributed by atoms with van der Waals surface area (Å²) in [6.45, 7) is 0.485. The molecule has 0 bridgehead atoms. The van der Waals surface area contributed by atoms with Crippen molar-refractivity contribution < 1.29 is 9.18 Å². The summed E-state index contributed by atoms with van der Waals surface area (Å²) in [4.78, 5) is 11.8. The highest BCUT2D eigenvalue weighted by molar-refractivity contribution is 7.99. The molecule has 0 aromatic heterocycles. The normalized spacial score (nSPS) is 19.5. The number of hydrogen-bond donors (Lipinski definition) is 1. The summed E-state index contributed by atoms with van der Waals surface area (Å²) in [5.41, 5.74) is 0.933. The predicted octanol–water partition coefficient (Wildman–Crippen LogP) is 2.98. The summed E-state index contributed by atoms with van der Waals surface area (Å²) in [6.07, 6.45) is 3.01. The summed E-state index contributed by atoms with van der Waals surface area (Å²) in [5, 5.41) is 2.90. The molecule has 0 spiro atoms. The first-order chi connectivity index (χ1) is 8.74. The first kappa shape index (κ1) is 13.4. The minimum Gasteiger partial charge on any atom is -0.352 e. The highest BCUT2D eigenvalue weighted by Crippen LogP contribution is 2.24. The summed E-state index contributed by atoms with van der Waals surface area (Å²) >= 11 is 1.94. The molecule has 1 unspecified atom stereocenters. The second-order valence-corrected chi connectivity index (χ2v) is 5.84. The summed E-state index contributed by atoms with van der Waals surface area (Å²) in [7, 11) is 0. The molecule has 0 aliphatic carbocycles. The molecule has 1 N–H and O–H groups in total. The van der Waals surface area contributed by atoms with Gasteiger partial charge in [-0.15, -0.1) is 0 Å². The fraction of sp³-hybridized carbons (Fsp3) is 0.500. The van der Waals surface area contributed by atoms with Gasteiger partial charge in [0.05, 0.1) is 0 Å². The van der Waals surface area contributed by atoms with Gasteiger partial charge < -0.3 is 5.32 Å². The zero-order valence-corrected chi connectivity index (χ0v) is 11.1. The molecule has 1 fully saturated rings. The summed E-state index contributed by atoms with van der Waals surface area (Å²) in [5.74, 6) is 2.71. The molecule has 0 saturated carbocycles. The Morgan fingerprint density at radius 2 is 2.17 bits per heavy atom. The maximum Gasteiger partial charge on any atom is 0.220 e. The van der Waals surface area contributed by atoms with E-state index in [1.54, 1.807) is 12.1 Å². The lowest BCUT2D eigenvalue weighted by Crippen LogP contribution is -2.26. The van der Waals surface area contributed by atoms with Crippen molar-refractivity contribution in [3.63, 3.8) is 0 Å². The summed E-state index contributed by atoms with van der Waals surface area (Å²) < 4.78 is 12.7. The first-order valence-corrected chi connectivity index (χ1v) is 7.48. The van der Waals surface area contributed by atoms with E-state index in [1.165, 1.54) is 24.3 Å². The molecule has 1 aromatic carbocycles. The Hall–Kier alpha value is -1.03. The molecule has 1 aromatic rings. The van der Waals surface area contributed by atoms with Crippen LogP contribution in [0.15, 0.2) is 24.3 Å². The summed E-state index contributed by atoms with van der Waals surface area (Å²) in [6, 6.07) is 6.23. The minimum absolute atomic E-state index is 0.104. The Labute approximate surface area is 111 Å². The van der Waals surface area contributed by atoms with Crippen LogP contribution in [0.2, 0.25) is 0 Å². The molecular weight excluding hydrogens is 249 g/mol. The molecule has 1 amide bonds. The Morgan fingerprint density at radius 1 is 1.39 bits per heavy atom. The highest BCUT2D eigenvalue weighted by atomic mass is 32.2. The highest BCUT2D eigenvalue weighted by Gasteiger charge is 2.16. The number of amides is 1. The van der Waals surface area contributed by atoms with E-state index in [0.717, 1.165) is 17.7 Å². The second-order valence-electron chi connectivity index (χ2n) is 4.69. The van der Waals surface area contributed by atoms with Crippen LogP contribution in [0.25, 0.3) is 0 Å². The van der Waals surface area contributed by atoms with Gasteiger partial charge in [-0.2, -0.15) is 11.8 Å². The zero-order valence-electron chi connectivity index (χ0n) is 10.3. The van der Waals surface area contributed by atoms with Gasteiger partial charge in [-0.3, -0.25) is 4.79 Å². The van der Waals surface area contributed by atoms with Gasteiger partial charge in [-0.1, -0.05) is 12.1 Å². The zero-order chi connectivity index (χ0) is 12.8. The van der Waals surface area contributed by atoms with Crippen molar-refractivity contribution in [2.24, 2.45) is 5.92 Å². The maximum absolute atomic E-state index is 12.7. The quantitative estimate of drug-likeness (QED) is 0.908. The third-order valence-electron chi connectivity index (χ3n) is 3.13. The van der Waals surface area contributed by atoms with Crippen LogP contribution in [0, 0.1) is 11.7 Å². The van der Waals surface area contributed by atoms with Gasteiger partial charge >= 0.3 is 0 Å². The van der Waals surface area contributed by atoms with Crippen LogP contribution in [0.3, 0.4) is 0 Å². The Bertz CT molecular complexity index is 387. The number of halogens is 1. The number of hydrogen-bond acceptors (Lipinski definition) is 2. The van der Waals surface area contributed by atoms with Gasteiger partial charge in [0.25, 0.3) is 0 Å². The molecule has 2 rings (SSSR count). The minimum atomic E-state index is -0.246. The number of nitrogens with one attached hydrogen (secondary N) is 1. The van der Waals surface area contributed by atoms with Crippen molar-refractivity contribution >= 4 is 17.7 Å². The van der Waals surface area contributed by atoms with E-state index in [9.17, 15) is 9.18 Å². The second kappa shape index (κ2) is 6.78. The van der Waals surface area contributed by atoms with E-state index in [0.29, 0.717) is 18.9 Å². The third-order valence-corrected chi connectivity index (χ3v) is 4.42. The van der Waals surface area contributed by atoms with Gasteiger partial charge in [0.2, 0.25) is 5.91 Å². The lowest BCUT2D eigenvalue weighted by atomic mass is 10.0. The van der Waals surface area contributed by atoms with Crippen molar-refractivity contribution in [2.45, 2.75) is 25.8 Å². The molecule has 98 valence electrons. The van der Waals surface area contributed by atoms with E-state index >= 15 is 0 Å². The average molecular weight is 267 g/mol. The molecule has 1 aliphatic heterocycles. The molecule has 1 aliphatic rings. The molecule has 18 heavy (non-hydrogen) atoms. The first-order valence-electron chi connectivity index (χ1n) is 6.33. The topological polar surface area (TPSA) is 29.1 Å². The van der Waals surface area contributed by atoms with Crippen LogP contribution in [-0.2, 0) is 11.3 Å². The fourth-order valence-electron chi connectivity index (χ4n) is 2.11.